The Balaban J connectivity index is 1.80. The molecular weight excluding hydrogens is 451 g/mol. The number of hydrogen-bond acceptors (Lipinski definition) is 3. The lowest BCUT2D eigenvalue weighted by atomic mass is 9.95. The third-order valence-electron chi connectivity index (χ3n) is 6.48. The van der Waals surface area contributed by atoms with E-state index in [0.717, 1.165) is 38.9 Å². The summed E-state index contributed by atoms with van der Waals surface area (Å²) in [5, 5.41) is 0.715. The van der Waals surface area contributed by atoms with Gasteiger partial charge >= 0.3 is 5.97 Å². The van der Waals surface area contributed by atoms with Crippen molar-refractivity contribution < 1.29 is 14.1 Å². The summed E-state index contributed by atoms with van der Waals surface area (Å²) in [6.45, 7) is 9.89. The molecule has 0 fully saturated rings. The Hall–Kier alpha value is -3.55. The average molecular weight is 481 g/mol. The highest BCUT2D eigenvalue weighted by molar-refractivity contribution is 7.78. The predicted octanol–water partition coefficient (Wildman–Crippen LogP) is 7.62. The van der Waals surface area contributed by atoms with Crippen molar-refractivity contribution in [3.8, 4) is 11.1 Å². The summed E-state index contributed by atoms with van der Waals surface area (Å²) < 4.78 is 6.14. The molecule has 0 saturated heterocycles. The maximum absolute atomic E-state index is 14.0. The molecule has 0 saturated carbocycles. The molecule has 0 radical (unpaired) electrons. The van der Waals surface area contributed by atoms with Crippen molar-refractivity contribution in [1.82, 2.24) is 0 Å². The van der Waals surface area contributed by atoms with Gasteiger partial charge in [0.2, 0.25) is 5.52 Å². The molecule has 35 heavy (non-hydrogen) atoms. The summed E-state index contributed by atoms with van der Waals surface area (Å²) >= 11 is 0. The summed E-state index contributed by atoms with van der Waals surface area (Å²) in [6, 6.07) is 26.9. The maximum atomic E-state index is 14.0. The van der Waals surface area contributed by atoms with Gasteiger partial charge in [0, 0.05) is 10.9 Å². The van der Waals surface area contributed by atoms with Gasteiger partial charge < -0.3 is 4.52 Å². The zero-order chi connectivity index (χ0) is 25.1. The Morgan fingerprint density at radius 3 is 1.91 bits per heavy atom. The van der Waals surface area contributed by atoms with Gasteiger partial charge in [-0.15, -0.1) is 0 Å². The van der Waals surface area contributed by atoms with Crippen molar-refractivity contribution in [2.45, 2.75) is 34.6 Å². The monoisotopic (exact) mass is 480 g/mol. The Kier molecular flexibility index (Phi) is 7.28. The first-order valence-corrected chi connectivity index (χ1v) is 12.9. The van der Waals surface area contributed by atoms with Crippen LogP contribution in [0.5, 0.6) is 0 Å². The maximum Gasteiger partial charge on any atom is 0.342 e. The second kappa shape index (κ2) is 10.4. The van der Waals surface area contributed by atoms with Crippen LogP contribution in [0.2, 0.25) is 0 Å². The van der Waals surface area contributed by atoms with Gasteiger partial charge in [0.25, 0.3) is 0 Å². The van der Waals surface area contributed by atoms with Gasteiger partial charge in [-0.1, -0.05) is 84.9 Å². The molecule has 0 amide bonds. The Labute approximate surface area is 208 Å². The van der Waals surface area contributed by atoms with Gasteiger partial charge in [-0.25, -0.2) is 4.79 Å². The Bertz CT molecular complexity index is 1390. The van der Waals surface area contributed by atoms with Crippen molar-refractivity contribution in [2.75, 3.05) is 0 Å². The molecular formula is C31H29O3P. The predicted molar refractivity (Wildman–Crippen MR) is 145 cm³/mol. The zero-order valence-corrected chi connectivity index (χ0v) is 21.6. The van der Waals surface area contributed by atoms with Crippen LogP contribution in [0.25, 0.3) is 11.1 Å². The fraction of sp³-hybridized carbons (Fsp3) is 0.161. The lowest BCUT2D eigenvalue weighted by Crippen LogP contribution is -2.18. The summed E-state index contributed by atoms with van der Waals surface area (Å²) in [5.74, 6) is -0.482. The van der Waals surface area contributed by atoms with E-state index in [1.807, 2.05) is 120 Å². The molecule has 1 atom stereocenters. The third-order valence-corrected chi connectivity index (χ3v) is 8.19. The smallest absolute Gasteiger partial charge is 0.342 e. The van der Waals surface area contributed by atoms with Crippen molar-refractivity contribution in [3.05, 3.63) is 124 Å². The van der Waals surface area contributed by atoms with Crippen molar-refractivity contribution in [1.29, 1.82) is 0 Å². The molecule has 0 spiro atoms. The fourth-order valence-corrected chi connectivity index (χ4v) is 6.09. The first-order chi connectivity index (χ1) is 16.8. The van der Waals surface area contributed by atoms with Crippen LogP contribution in [-0.2, 0) is 4.52 Å². The van der Waals surface area contributed by atoms with E-state index in [1.165, 1.54) is 0 Å². The molecule has 4 heteroatoms. The lowest BCUT2D eigenvalue weighted by molar-refractivity contribution is 0.0747. The van der Waals surface area contributed by atoms with Crippen LogP contribution in [0.3, 0.4) is 0 Å². The molecule has 0 aliphatic carbocycles. The molecule has 0 bridgehead atoms. The minimum Gasteiger partial charge on any atom is -0.428 e. The molecule has 0 N–H and O–H groups in total. The number of carbonyl (C=O) groups is 2. The van der Waals surface area contributed by atoms with E-state index < -0.39 is 14.1 Å². The SMILES string of the molecule is Cc1cc(C)c(C(=O)P(OC(=O)c2c(C)cccc2-c2ccccc2)c2ccccc2)c(C)c1C. The van der Waals surface area contributed by atoms with Gasteiger partial charge in [-0.05, 0) is 73.6 Å². The highest BCUT2D eigenvalue weighted by atomic mass is 31.1. The summed E-state index contributed by atoms with van der Waals surface area (Å²) in [7, 11) is -1.89. The molecule has 4 aromatic carbocycles. The highest BCUT2D eigenvalue weighted by Gasteiger charge is 2.31. The number of rotatable bonds is 6. The van der Waals surface area contributed by atoms with Crippen LogP contribution in [0.1, 0.15) is 48.5 Å². The molecule has 4 aromatic rings. The molecule has 0 aromatic heterocycles. The van der Waals surface area contributed by atoms with Gasteiger partial charge in [-0.3, -0.25) is 4.79 Å². The van der Waals surface area contributed by atoms with E-state index in [1.54, 1.807) is 0 Å². The minimum atomic E-state index is -1.89. The first-order valence-electron chi connectivity index (χ1n) is 11.6. The molecule has 4 rings (SSSR count). The largest absolute Gasteiger partial charge is 0.428 e. The summed E-state index contributed by atoms with van der Waals surface area (Å²) in [5.41, 5.74) is 7.58. The quantitative estimate of drug-likeness (QED) is 0.267. The van der Waals surface area contributed by atoms with E-state index in [4.69, 9.17) is 4.52 Å². The van der Waals surface area contributed by atoms with Crippen molar-refractivity contribution >= 4 is 24.9 Å². The van der Waals surface area contributed by atoms with Gasteiger partial charge in [0.1, 0.15) is 0 Å². The Morgan fingerprint density at radius 2 is 1.26 bits per heavy atom. The van der Waals surface area contributed by atoms with Crippen LogP contribution >= 0.6 is 8.15 Å². The van der Waals surface area contributed by atoms with Crippen LogP contribution in [-0.4, -0.2) is 11.5 Å². The van der Waals surface area contributed by atoms with Gasteiger partial charge in [-0.2, -0.15) is 0 Å². The number of aryl methyl sites for hydroxylation is 3. The van der Waals surface area contributed by atoms with Gasteiger partial charge in [0.05, 0.1) is 5.56 Å². The number of carbonyl (C=O) groups excluding carboxylic acids is 2. The average Bonchev–Trinajstić information content (AvgIpc) is 2.86. The molecule has 0 aliphatic rings. The van der Waals surface area contributed by atoms with Crippen molar-refractivity contribution in [3.63, 3.8) is 0 Å². The first kappa shape index (κ1) is 24.6. The number of benzene rings is 4. The summed E-state index contributed by atoms with van der Waals surface area (Å²) in [4.78, 5) is 27.7. The van der Waals surface area contributed by atoms with E-state index in [9.17, 15) is 9.59 Å². The highest BCUT2D eigenvalue weighted by Crippen LogP contribution is 2.44. The molecule has 0 heterocycles. The fourth-order valence-electron chi connectivity index (χ4n) is 4.42. The van der Waals surface area contributed by atoms with Gasteiger partial charge in [0.15, 0.2) is 8.15 Å². The molecule has 3 nitrogen and oxygen atoms in total. The van der Waals surface area contributed by atoms with Crippen molar-refractivity contribution in [2.24, 2.45) is 0 Å². The Morgan fingerprint density at radius 1 is 0.629 bits per heavy atom. The van der Waals surface area contributed by atoms with Crippen LogP contribution in [0.15, 0.2) is 84.9 Å². The van der Waals surface area contributed by atoms with E-state index in [2.05, 4.69) is 0 Å². The summed E-state index contributed by atoms with van der Waals surface area (Å²) in [6.07, 6.45) is 0. The third kappa shape index (κ3) is 4.97. The zero-order valence-electron chi connectivity index (χ0n) is 20.8. The van der Waals surface area contributed by atoms with E-state index in [0.29, 0.717) is 16.4 Å². The van der Waals surface area contributed by atoms with E-state index >= 15 is 0 Å². The molecule has 176 valence electrons. The molecule has 1 unspecified atom stereocenters. The second-order valence-electron chi connectivity index (χ2n) is 8.81. The normalized spacial score (nSPS) is 11.7. The molecule has 0 aliphatic heterocycles. The van der Waals surface area contributed by atoms with E-state index in [-0.39, 0.29) is 5.52 Å². The minimum absolute atomic E-state index is 0.146. The second-order valence-corrected chi connectivity index (χ2v) is 10.5. The van der Waals surface area contributed by atoms with Crippen LogP contribution < -0.4 is 5.30 Å². The van der Waals surface area contributed by atoms with Crippen LogP contribution in [0.4, 0.5) is 0 Å². The standard InChI is InChI=1S/C31H29O3P/c1-20-13-12-18-27(25-14-8-6-9-15-25)29(20)30(32)34-35(26-16-10-7-11-17-26)31(33)28-22(3)19-21(2)23(4)24(28)5/h6-19H,1-5H3. The number of hydrogen-bond donors (Lipinski definition) is 0. The topological polar surface area (TPSA) is 43.4 Å². The van der Waals surface area contributed by atoms with Crippen LogP contribution in [0, 0.1) is 34.6 Å². The lowest BCUT2D eigenvalue weighted by Gasteiger charge is -2.21.